The molecule has 0 atom stereocenters. The summed E-state index contributed by atoms with van der Waals surface area (Å²) in [4.78, 5) is 32.2. The van der Waals surface area contributed by atoms with Gasteiger partial charge in [-0.05, 0) is 63.6 Å². The Kier molecular flexibility index (Phi) is 10.3. The minimum Gasteiger partial charge on any atom is -0.493 e. The number of methoxy groups -OCH3 is 3. The molecule has 13 heteroatoms. The Morgan fingerprint density at radius 2 is 1.70 bits per heavy atom. The van der Waals surface area contributed by atoms with E-state index in [1.807, 2.05) is 12.1 Å². The van der Waals surface area contributed by atoms with E-state index in [-0.39, 0.29) is 6.10 Å². The summed E-state index contributed by atoms with van der Waals surface area (Å²) in [5.74, 6) is 3.50. The van der Waals surface area contributed by atoms with Crippen molar-refractivity contribution >= 4 is 40.0 Å². The van der Waals surface area contributed by atoms with Crippen molar-refractivity contribution in [3.63, 3.8) is 0 Å². The van der Waals surface area contributed by atoms with Crippen LogP contribution < -0.4 is 29.3 Å². The van der Waals surface area contributed by atoms with Gasteiger partial charge in [0, 0.05) is 31.7 Å². The molecule has 238 valence electrons. The number of thiazole rings is 1. The topological polar surface area (TPSA) is 131 Å². The van der Waals surface area contributed by atoms with E-state index in [0.29, 0.717) is 78.0 Å². The molecule has 0 bridgehead atoms. The zero-order chi connectivity index (χ0) is 31.2. The molecular weight excluding hydrogens is 584 g/mol. The number of carbonyl (C=O) groups excluding carboxylic acids is 1. The van der Waals surface area contributed by atoms with Crippen molar-refractivity contribution in [2.75, 3.05) is 62.7 Å². The maximum absolute atomic E-state index is 12.5. The first-order valence-corrected chi connectivity index (χ1v) is 16.0. The van der Waals surface area contributed by atoms with Gasteiger partial charge in [0.25, 0.3) is 0 Å². The minimum absolute atomic E-state index is 0.294. The van der Waals surface area contributed by atoms with Crippen molar-refractivity contribution in [3.05, 3.63) is 33.8 Å². The van der Waals surface area contributed by atoms with Gasteiger partial charge in [-0.1, -0.05) is 17.8 Å². The van der Waals surface area contributed by atoms with Crippen molar-refractivity contribution in [1.82, 2.24) is 15.0 Å². The van der Waals surface area contributed by atoms with Crippen molar-refractivity contribution in [1.29, 1.82) is 0 Å². The molecule has 0 spiro atoms. The normalized spacial score (nSPS) is 15.7. The molecule has 1 saturated heterocycles. The van der Waals surface area contributed by atoms with E-state index in [9.17, 15) is 9.90 Å². The van der Waals surface area contributed by atoms with Gasteiger partial charge in [0.1, 0.15) is 16.5 Å². The van der Waals surface area contributed by atoms with E-state index in [1.165, 1.54) is 11.3 Å². The summed E-state index contributed by atoms with van der Waals surface area (Å²) in [7, 11) is 4.83. The minimum atomic E-state index is -0.390. The highest BCUT2D eigenvalue weighted by molar-refractivity contribution is 7.17. The second kappa shape index (κ2) is 14.3. The lowest BCUT2D eigenvalue weighted by atomic mass is 10.0. The van der Waals surface area contributed by atoms with E-state index in [1.54, 1.807) is 35.2 Å². The zero-order valence-electron chi connectivity index (χ0n) is 26.1. The smallest absolute Gasteiger partial charge is 0.350 e. The Morgan fingerprint density at radius 1 is 1.00 bits per heavy atom. The van der Waals surface area contributed by atoms with Crippen LogP contribution in [0.3, 0.4) is 0 Å². The molecular formula is C31H42N6O6S. The number of ether oxygens (including phenoxy) is 4. The molecule has 4 heterocycles. The quantitative estimate of drug-likeness (QED) is 0.297. The summed E-state index contributed by atoms with van der Waals surface area (Å²) in [5.41, 5.74) is 2.69. The van der Waals surface area contributed by atoms with E-state index >= 15 is 0 Å². The van der Waals surface area contributed by atoms with Gasteiger partial charge in [0.15, 0.2) is 16.6 Å². The summed E-state index contributed by atoms with van der Waals surface area (Å²) in [6, 6.07) is 3.95. The molecule has 2 aliphatic heterocycles. The zero-order valence-corrected chi connectivity index (χ0v) is 27.0. The van der Waals surface area contributed by atoms with E-state index in [4.69, 9.17) is 28.9 Å². The van der Waals surface area contributed by atoms with Crippen LogP contribution in [0.1, 0.15) is 65.5 Å². The lowest BCUT2D eigenvalue weighted by Gasteiger charge is -2.35. The molecule has 2 aliphatic rings. The Bertz CT molecular complexity index is 1430. The highest BCUT2D eigenvalue weighted by Gasteiger charge is 2.28. The molecule has 1 fully saturated rings. The fourth-order valence-electron chi connectivity index (χ4n) is 5.76. The monoisotopic (exact) mass is 626 g/mol. The third-order valence-corrected chi connectivity index (χ3v) is 9.01. The number of aliphatic hydroxyl groups excluding tert-OH is 1. The van der Waals surface area contributed by atoms with Crippen LogP contribution in [-0.4, -0.2) is 79.7 Å². The van der Waals surface area contributed by atoms with Gasteiger partial charge in [-0.15, -0.1) is 0 Å². The van der Waals surface area contributed by atoms with Gasteiger partial charge in [-0.2, -0.15) is 9.97 Å². The molecule has 5 rings (SSSR count). The number of esters is 1. The van der Waals surface area contributed by atoms with Crippen molar-refractivity contribution in [3.8, 4) is 17.2 Å². The van der Waals surface area contributed by atoms with Gasteiger partial charge < -0.3 is 33.9 Å². The van der Waals surface area contributed by atoms with Crippen LogP contribution in [0, 0.1) is 6.92 Å². The fourth-order valence-corrected chi connectivity index (χ4v) is 6.61. The fraction of sp³-hybridized carbons (Fsp3) is 0.548. The maximum atomic E-state index is 12.5. The number of nitrogens with one attached hydrogen (secondary N) is 1. The van der Waals surface area contributed by atoms with Crippen LogP contribution in [0.5, 0.6) is 17.2 Å². The van der Waals surface area contributed by atoms with E-state index in [2.05, 4.69) is 20.1 Å². The molecule has 3 aromatic rings. The number of aliphatic hydroxyl groups is 1. The molecule has 2 N–H and O–H groups in total. The summed E-state index contributed by atoms with van der Waals surface area (Å²) in [6.07, 6.45) is 5.08. The maximum Gasteiger partial charge on any atom is 0.350 e. The lowest BCUT2D eigenvalue weighted by Crippen LogP contribution is -2.38. The van der Waals surface area contributed by atoms with Gasteiger partial charge in [0.2, 0.25) is 11.7 Å². The Balaban J connectivity index is 1.57. The summed E-state index contributed by atoms with van der Waals surface area (Å²) in [5, 5.41) is 14.0. The SMILES string of the molecule is CCOC(=O)c1sc(Nc2nc(N3CCC(O)CC3)c3c(n2)N(Cc2cc(OC)c(OC)c(OC)c2)CCCCC3)nc1C. The molecule has 12 nitrogen and oxygen atoms in total. The van der Waals surface area contributed by atoms with Gasteiger partial charge >= 0.3 is 5.97 Å². The molecule has 0 saturated carbocycles. The van der Waals surface area contributed by atoms with Crippen LogP contribution in [0.2, 0.25) is 0 Å². The van der Waals surface area contributed by atoms with Crippen LogP contribution in [0.4, 0.5) is 22.7 Å². The molecule has 0 aliphatic carbocycles. The van der Waals surface area contributed by atoms with E-state index in [0.717, 1.165) is 55.0 Å². The standard InChI is InChI=1S/C31H42N6O6S/c1-6-43-29(39)26-19(2)32-31(44-26)35-30-33-27(36-14-11-21(38)12-15-36)22-10-8-7-9-13-37(28(22)34-30)18-20-16-23(40-3)25(42-5)24(17-20)41-4/h16-17,21,38H,6-15,18H2,1-5H3,(H,32,33,34,35). The second-order valence-corrected chi connectivity index (χ2v) is 11.9. The number of aryl methyl sites for hydroxylation is 1. The molecule has 2 aromatic heterocycles. The van der Waals surface area contributed by atoms with Gasteiger partial charge in [-0.25, -0.2) is 9.78 Å². The van der Waals surface area contributed by atoms with Crippen LogP contribution in [-0.2, 0) is 17.7 Å². The number of piperidine rings is 1. The van der Waals surface area contributed by atoms with Crippen molar-refractivity contribution in [2.45, 2.75) is 65.0 Å². The molecule has 1 aromatic carbocycles. The number of benzene rings is 1. The first-order chi connectivity index (χ1) is 21.3. The van der Waals surface area contributed by atoms with Crippen molar-refractivity contribution < 1.29 is 28.8 Å². The van der Waals surface area contributed by atoms with E-state index < -0.39 is 5.97 Å². The number of rotatable bonds is 10. The first-order valence-electron chi connectivity index (χ1n) is 15.1. The summed E-state index contributed by atoms with van der Waals surface area (Å²) < 4.78 is 22.0. The van der Waals surface area contributed by atoms with Crippen LogP contribution in [0.15, 0.2) is 12.1 Å². The number of nitrogens with zero attached hydrogens (tertiary/aromatic N) is 5. The Hall–Kier alpha value is -3.84. The number of anilines is 4. The first kappa shape index (κ1) is 31.6. The lowest BCUT2D eigenvalue weighted by molar-refractivity contribution is 0.0531. The predicted octanol–water partition coefficient (Wildman–Crippen LogP) is 4.88. The molecule has 0 radical (unpaired) electrons. The summed E-state index contributed by atoms with van der Waals surface area (Å²) >= 11 is 1.23. The third kappa shape index (κ3) is 6.94. The number of hydrogen-bond acceptors (Lipinski definition) is 13. The largest absolute Gasteiger partial charge is 0.493 e. The number of hydrogen-bond donors (Lipinski definition) is 2. The summed E-state index contributed by atoms with van der Waals surface area (Å²) in [6.45, 7) is 6.66. The number of fused-ring (bicyclic) bond motifs is 1. The molecule has 44 heavy (non-hydrogen) atoms. The number of carbonyl (C=O) groups is 1. The molecule has 0 amide bonds. The molecule has 0 unspecified atom stereocenters. The Labute approximate surface area is 262 Å². The predicted molar refractivity (Wildman–Crippen MR) is 170 cm³/mol. The third-order valence-electron chi connectivity index (χ3n) is 7.96. The highest BCUT2D eigenvalue weighted by atomic mass is 32.1. The van der Waals surface area contributed by atoms with Gasteiger partial charge in [0.05, 0.1) is 39.7 Å². The second-order valence-electron chi connectivity index (χ2n) is 10.9. The van der Waals surface area contributed by atoms with Crippen LogP contribution in [0.25, 0.3) is 0 Å². The number of aromatic nitrogens is 3. The average molecular weight is 627 g/mol. The Morgan fingerprint density at radius 3 is 2.36 bits per heavy atom. The van der Waals surface area contributed by atoms with Gasteiger partial charge in [-0.3, -0.25) is 5.32 Å². The van der Waals surface area contributed by atoms with Crippen LogP contribution >= 0.6 is 11.3 Å². The average Bonchev–Trinajstić information content (AvgIpc) is 3.38. The van der Waals surface area contributed by atoms with Crippen molar-refractivity contribution in [2.24, 2.45) is 0 Å². The highest BCUT2D eigenvalue weighted by Crippen LogP contribution is 2.40.